The summed E-state index contributed by atoms with van der Waals surface area (Å²) in [5.74, 6) is 1.03. The maximum absolute atomic E-state index is 6.58. The number of anilines is 2. The van der Waals surface area contributed by atoms with E-state index in [2.05, 4.69) is 49.0 Å². The monoisotopic (exact) mass is 405 g/mol. The Morgan fingerprint density at radius 2 is 1.76 bits per heavy atom. The van der Waals surface area contributed by atoms with Gasteiger partial charge in [0.05, 0.1) is 5.02 Å². The van der Waals surface area contributed by atoms with E-state index in [1.54, 1.807) is 12.5 Å². The van der Waals surface area contributed by atoms with Crippen molar-refractivity contribution in [2.75, 3.05) is 29.4 Å². The molecular weight excluding hydrogens is 382 g/mol. The van der Waals surface area contributed by atoms with Crippen molar-refractivity contribution in [1.29, 1.82) is 0 Å². The van der Waals surface area contributed by atoms with Crippen LogP contribution in [0.25, 0.3) is 11.1 Å². The van der Waals surface area contributed by atoms with Gasteiger partial charge in [-0.25, -0.2) is 15.0 Å². The molecule has 2 aromatic heterocycles. The molecule has 148 valence electrons. The summed E-state index contributed by atoms with van der Waals surface area (Å²) < 4.78 is 0. The van der Waals surface area contributed by atoms with E-state index < -0.39 is 0 Å². The van der Waals surface area contributed by atoms with Gasteiger partial charge in [-0.05, 0) is 48.9 Å². The third-order valence-electron chi connectivity index (χ3n) is 5.90. The third-order valence-corrected chi connectivity index (χ3v) is 6.20. The molecule has 4 heterocycles. The van der Waals surface area contributed by atoms with Crippen LogP contribution in [0.2, 0.25) is 5.02 Å². The highest BCUT2D eigenvalue weighted by molar-refractivity contribution is 6.33. The Balaban J connectivity index is 1.46. The van der Waals surface area contributed by atoms with Gasteiger partial charge in [0, 0.05) is 61.6 Å². The molecule has 0 amide bonds. The summed E-state index contributed by atoms with van der Waals surface area (Å²) in [6, 6.07) is 8.85. The van der Waals surface area contributed by atoms with Crippen LogP contribution in [0, 0.1) is 0 Å². The third kappa shape index (κ3) is 3.79. The summed E-state index contributed by atoms with van der Waals surface area (Å²) in [6.45, 7) is 3.98. The van der Waals surface area contributed by atoms with Gasteiger partial charge in [0.25, 0.3) is 0 Å². The lowest BCUT2D eigenvalue weighted by atomic mass is 10.0. The Morgan fingerprint density at radius 1 is 0.931 bits per heavy atom. The zero-order valence-corrected chi connectivity index (χ0v) is 17.1. The molecule has 29 heavy (non-hydrogen) atoms. The minimum absolute atomic E-state index is 0.701. The smallest absolute Gasteiger partial charge is 0.129 e. The predicted molar refractivity (Wildman–Crippen MR) is 118 cm³/mol. The molecule has 0 radical (unpaired) electrons. The Labute approximate surface area is 176 Å². The molecule has 2 aliphatic rings. The van der Waals surface area contributed by atoms with Gasteiger partial charge in [0.1, 0.15) is 12.1 Å². The summed E-state index contributed by atoms with van der Waals surface area (Å²) in [6.07, 6.45) is 12.0. The van der Waals surface area contributed by atoms with E-state index in [1.165, 1.54) is 30.5 Å². The van der Waals surface area contributed by atoms with Crippen molar-refractivity contribution in [3.8, 4) is 11.1 Å². The van der Waals surface area contributed by atoms with Gasteiger partial charge in [0.2, 0.25) is 0 Å². The molecule has 5 nitrogen and oxygen atoms in total. The van der Waals surface area contributed by atoms with Crippen LogP contribution in [-0.2, 0) is 13.0 Å². The Morgan fingerprint density at radius 3 is 2.59 bits per heavy atom. The number of pyridine rings is 1. The quantitative estimate of drug-likeness (QED) is 0.627. The number of halogens is 1. The average molecular weight is 406 g/mol. The van der Waals surface area contributed by atoms with Gasteiger partial charge in [-0.3, -0.25) is 0 Å². The topological polar surface area (TPSA) is 45.2 Å². The maximum atomic E-state index is 6.58. The number of hydrogen-bond donors (Lipinski definition) is 0. The molecular formula is C23H24ClN5. The van der Waals surface area contributed by atoms with Gasteiger partial charge in [0.15, 0.2) is 0 Å². The summed E-state index contributed by atoms with van der Waals surface area (Å²) >= 11 is 6.58. The zero-order valence-electron chi connectivity index (χ0n) is 16.4. The molecule has 0 aliphatic carbocycles. The second-order valence-electron chi connectivity index (χ2n) is 7.83. The molecule has 0 unspecified atom stereocenters. The number of benzene rings is 1. The number of rotatable bonds is 4. The molecule has 0 atom stereocenters. The number of aromatic nitrogens is 3. The lowest BCUT2D eigenvalue weighted by molar-refractivity contribution is 0.573. The maximum Gasteiger partial charge on any atom is 0.129 e. The van der Waals surface area contributed by atoms with Crippen LogP contribution in [-0.4, -0.2) is 34.6 Å². The zero-order chi connectivity index (χ0) is 19.6. The van der Waals surface area contributed by atoms with Crippen LogP contribution in [0.4, 0.5) is 11.5 Å². The van der Waals surface area contributed by atoms with E-state index in [4.69, 9.17) is 11.6 Å². The minimum Gasteiger partial charge on any atom is -0.367 e. The van der Waals surface area contributed by atoms with E-state index in [-0.39, 0.29) is 0 Å². The summed E-state index contributed by atoms with van der Waals surface area (Å²) in [7, 11) is 0. The fourth-order valence-corrected chi connectivity index (χ4v) is 4.57. The van der Waals surface area contributed by atoms with E-state index in [1.807, 2.05) is 12.4 Å². The lowest BCUT2D eigenvalue weighted by Crippen LogP contribution is -2.30. The molecule has 1 saturated heterocycles. The van der Waals surface area contributed by atoms with Gasteiger partial charge < -0.3 is 9.80 Å². The van der Waals surface area contributed by atoms with Crippen LogP contribution in [0.5, 0.6) is 0 Å². The van der Waals surface area contributed by atoms with E-state index in [9.17, 15) is 0 Å². The standard InChI is InChI=1S/C23H24ClN5/c24-21-14-27-23(28-7-2-1-3-8-28)11-20(21)19-5-4-18-6-9-29(22(18)10-19)15-17-12-25-16-26-13-17/h4-5,10-14,16H,1-3,6-9,15H2. The highest BCUT2D eigenvalue weighted by atomic mass is 35.5. The summed E-state index contributed by atoms with van der Waals surface area (Å²) in [4.78, 5) is 17.7. The van der Waals surface area contributed by atoms with Crippen molar-refractivity contribution < 1.29 is 0 Å². The first-order valence-corrected chi connectivity index (χ1v) is 10.7. The van der Waals surface area contributed by atoms with Crippen molar-refractivity contribution in [3.05, 3.63) is 65.3 Å². The second kappa shape index (κ2) is 7.99. The first-order chi connectivity index (χ1) is 14.3. The van der Waals surface area contributed by atoms with Gasteiger partial charge in [-0.2, -0.15) is 0 Å². The van der Waals surface area contributed by atoms with E-state index in [0.717, 1.165) is 55.1 Å². The van der Waals surface area contributed by atoms with Gasteiger partial charge >= 0.3 is 0 Å². The van der Waals surface area contributed by atoms with Crippen LogP contribution in [0.3, 0.4) is 0 Å². The Kier molecular flexibility index (Phi) is 5.06. The Hall–Kier alpha value is -2.66. The van der Waals surface area contributed by atoms with Crippen molar-refractivity contribution in [1.82, 2.24) is 15.0 Å². The fraction of sp³-hybridized carbons (Fsp3) is 0.348. The average Bonchev–Trinajstić information content (AvgIpc) is 3.17. The molecule has 6 heteroatoms. The number of hydrogen-bond acceptors (Lipinski definition) is 5. The van der Waals surface area contributed by atoms with Crippen molar-refractivity contribution in [3.63, 3.8) is 0 Å². The fourth-order valence-electron chi connectivity index (χ4n) is 4.35. The molecule has 5 rings (SSSR count). The van der Waals surface area contributed by atoms with Crippen LogP contribution in [0.1, 0.15) is 30.4 Å². The SMILES string of the molecule is Clc1cnc(N2CCCCC2)cc1-c1ccc2c(c1)N(Cc1cncnc1)CC2. The highest BCUT2D eigenvalue weighted by Crippen LogP contribution is 2.37. The van der Waals surface area contributed by atoms with E-state index >= 15 is 0 Å². The van der Waals surface area contributed by atoms with Crippen LogP contribution < -0.4 is 9.80 Å². The largest absolute Gasteiger partial charge is 0.367 e. The van der Waals surface area contributed by atoms with E-state index in [0.29, 0.717) is 5.02 Å². The first kappa shape index (κ1) is 18.4. The molecule has 0 N–H and O–H groups in total. The minimum atomic E-state index is 0.701. The summed E-state index contributed by atoms with van der Waals surface area (Å²) in [5, 5.41) is 0.701. The molecule has 0 spiro atoms. The van der Waals surface area contributed by atoms with Gasteiger partial charge in [-0.1, -0.05) is 23.7 Å². The van der Waals surface area contributed by atoms with Crippen molar-refractivity contribution in [2.45, 2.75) is 32.2 Å². The number of piperidine rings is 1. The molecule has 1 fully saturated rings. The molecule has 3 aromatic rings. The van der Waals surface area contributed by atoms with Crippen LogP contribution in [0.15, 0.2) is 49.2 Å². The molecule has 1 aromatic carbocycles. The van der Waals surface area contributed by atoms with Crippen molar-refractivity contribution in [2.24, 2.45) is 0 Å². The van der Waals surface area contributed by atoms with Crippen LogP contribution >= 0.6 is 11.6 Å². The Bertz CT molecular complexity index is 1000. The number of fused-ring (bicyclic) bond motifs is 1. The van der Waals surface area contributed by atoms with Gasteiger partial charge in [-0.15, -0.1) is 0 Å². The first-order valence-electron chi connectivity index (χ1n) is 10.3. The second-order valence-corrected chi connectivity index (χ2v) is 8.24. The highest BCUT2D eigenvalue weighted by Gasteiger charge is 2.21. The normalized spacial score (nSPS) is 16.2. The molecule has 0 saturated carbocycles. The van der Waals surface area contributed by atoms with Crippen molar-refractivity contribution >= 4 is 23.1 Å². The lowest BCUT2D eigenvalue weighted by Gasteiger charge is -2.28. The predicted octanol–water partition coefficient (Wildman–Crippen LogP) is 4.75. The molecule has 2 aliphatic heterocycles. The molecule has 0 bridgehead atoms. The number of nitrogens with zero attached hydrogens (tertiary/aromatic N) is 5. The summed E-state index contributed by atoms with van der Waals surface area (Å²) in [5.41, 5.74) is 5.98.